The first-order valence-corrected chi connectivity index (χ1v) is 8.57. The van der Waals surface area contributed by atoms with Gasteiger partial charge in [-0.05, 0) is 49.4 Å². The molecule has 0 heterocycles. The normalized spacial score (nSPS) is 11.4. The molecule has 0 bridgehead atoms. The smallest absolute Gasteiger partial charge is 0.0413 e. The van der Waals surface area contributed by atoms with Gasteiger partial charge in [-0.15, -0.1) is 0 Å². The third-order valence-corrected chi connectivity index (χ3v) is 4.21. The molecule has 2 nitrogen and oxygen atoms in total. The van der Waals surface area contributed by atoms with Crippen LogP contribution in [0, 0.1) is 5.92 Å². The predicted molar refractivity (Wildman–Crippen MR) is 93.5 cm³/mol. The van der Waals surface area contributed by atoms with Crippen LogP contribution in [0.2, 0.25) is 0 Å². The first kappa shape index (κ1) is 17.5. The molecule has 2 N–H and O–H groups in total. The average molecular weight is 341 g/mol. The molecule has 0 amide bonds. The van der Waals surface area contributed by atoms with E-state index in [0.29, 0.717) is 18.5 Å². The van der Waals surface area contributed by atoms with E-state index in [0.717, 1.165) is 17.4 Å². The second kappa shape index (κ2) is 8.68. The minimum absolute atomic E-state index is 0.600. The van der Waals surface area contributed by atoms with Crippen molar-refractivity contribution in [3.8, 4) is 0 Å². The minimum Gasteiger partial charge on any atom is -0.368 e. The summed E-state index contributed by atoms with van der Waals surface area (Å²) >= 11 is 3.62. The van der Waals surface area contributed by atoms with Crippen molar-refractivity contribution in [2.75, 3.05) is 18.0 Å². The Kier molecular flexibility index (Phi) is 7.60. The van der Waals surface area contributed by atoms with Gasteiger partial charge >= 0.3 is 0 Å². The van der Waals surface area contributed by atoms with E-state index in [1.54, 1.807) is 0 Å². The summed E-state index contributed by atoms with van der Waals surface area (Å²) in [5, 5.41) is 0. The molecular weight excluding hydrogens is 312 g/mol. The lowest BCUT2D eigenvalue weighted by atomic mass is 10.0. The van der Waals surface area contributed by atoms with Crippen molar-refractivity contribution < 1.29 is 0 Å². The predicted octanol–water partition coefficient (Wildman–Crippen LogP) is 4.60. The van der Waals surface area contributed by atoms with Gasteiger partial charge in [-0.2, -0.15) is 0 Å². The zero-order chi connectivity index (χ0) is 15.1. The number of nitrogens with zero attached hydrogens (tertiary/aromatic N) is 1. The first-order valence-electron chi connectivity index (χ1n) is 7.78. The van der Waals surface area contributed by atoms with E-state index in [-0.39, 0.29) is 0 Å². The van der Waals surface area contributed by atoms with Crippen LogP contribution >= 0.6 is 15.9 Å². The van der Waals surface area contributed by atoms with Gasteiger partial charge in [0.1, 0.15) is 0 Å². The molecule has 0 aliphatic rings. The summed E-state index contributed by atoms with van der Waals surface area (Å²) in [6.45, 7) is 10.9. The van der Waals surface area contributed by atoms with Crippen molar-refractivity contribution in [2.24, 2.45) is 11.7 Å². The molecule has 1 aromatic carbocycles. The molecule has 0 fully saturated rings. The third-order valence-electron chi connectivity index (χ3n) is 3.72. The highest BCUT2D eigenvalue weighted by atomic mass is 79.9. The van der Waals surface area contributed by atoms with E-state index >= 15 is 0 Å². The third kappa shape index (κ3) is 4.78. The molecule has 0 saturated carbocycles. The Balaban J connectivity index is 3.19. The molecule has 0 unspecified atom stereocenters. The van der Waals surface area contributed by atoms with Gasteiger partial charge in [-0.1, -0.05) is 49.7 Å². The number of rotatable bonds is 8. The second-order valence-electron chi connectivity index (χ2n) is 5.83. The number of hydrogen-bond donors (Lipinski definition) is 1. The topological polar surface area (TPSA) is 29.3 Å². The number of anilines is 1. The minimum atomic E-state index is 0.600. The number of benzene rings is 1. The summed E-state index contributed by atoms with van der Waals surface area (Å²) in [5.74, 6) is 0.653. The van der Waals surface area contributed by atoms with Gasteiger partial charge in [0.2, 0.25) is 0 Å². The molecule has 1 aromatic rings. The van der Waals surface area contributed by atoms with Crippen LogP contribution in [0.3, 0.4) is 0 Å². The highest BCUT2D eigenvalue weighted by Gasteiger charge is 2.19. The molecule has 1 rings (SSSR count). The standard InChI is InChI=1S/C17H29BrN2/c1-5-16(6-2)20(12-13(3)4)17-11-15(18)8-7-14(17)9-10-19/h7-8,11,13,16H,5-6,9-10,12,19H2,1-4H3. The molecular formula is C17H29BrN2. The van der Waals surface area contributed by atoms with E-state index in [4.69, 9.17) is 5.73 Å². The lowest BCUT2D eigenvalue weighted by Crippen LogP contribution is -2.38. The Labute approximate surface area is 132 Å². The Morgan fingerprint density at radius 3 is 2.35 bits per heavy atom. The Hall–Kier alpha value is -0.540. The SMILES string of the molecule is CCC(CC)N(CC(C)C)c1cc(Br)ccc1CCN. The van der Waals surface area contributed by atoms with Crippen LogP contribution in [0.4, 0.5) is 5.69 Å². The van der Waals surface area contributed by atoms with Gasteiger partial charge in [0.25, 0.3) is 0 Å². The lowest BCUT2D eigenvalue weighted by molar-refractivity contribution is 0.506. The van der Waals surface area contributed by atoms with Gasteiger partial charge in [0, 0.05) is 22.7 Å². The largest absolute Gasteiger partial charge is 0.368 e. The van der Waals surface area contributed by atoms with Crippen LogP contribution in [-0.2, 0) is 6.42 Å². The molecule has 20 heavy (non-hydrogen) atoms. The number of nitrogens with two attached hydrogens (primary N) is 1. The van der Waals surface area contributed by atoms with Crippen LogP contribution in [0.15, 0.2) is 22.7 Å². The van der Waals surface area contributed by atoms with Crippen LogP contribution < -0.4 is 10.6 Å². The molecule has 114 valence electrons. The van der Waals surface area contributed by atoms with Gasteiger partial charge in [-0.25, -0.2) is 0 Å². The average Bonchev–Trinajstić information content (AvgIpc) is 2.41. The van der Waals surface area contributed by atoms with Gasteiger partial charge in [0.15, 0.2) is 0 Å². The Bertz CT molecular complexity index is 400. The lowest BCUT2D eigenvalue weighted by Gasteiger charge is -2.36. The summed E-state index contributed by atoms with van der Waals surface area (Å²) in [7, 11) is 0. The van der Waals surface area contributed by atoms with E-state index in [2.05, 4.69) is 66.7 Å². The van der Waals surface area contributed by atoms with E-state index in [9.17, 15) is 0 Å². The Morgan fingerprint density at radius 1 is 1.20 bits per heavy atom. The number of hydrogen-bond acceptors (Lipinski definition) is 2. The van der Waals surface area contributed by atoms with E-state index in [1.807, 2.05) is 0 Å². The van der Waals surface area contributed by atoms with Crippen molar-refractivity contribution in [1.29, 1.82) is 0 Å². The molecule has 3 heteroatoms. The zero-order valence-corrected chi connectivity index (χ0v) is 14.9. The van der Waals surface area contributed by atoms with Gasteiger partial charge in [-0.3, -0.25) is 0 Å². The molecule has 0 radical (unpaired) electrons. The fourth-order valence-electron chi connectivity index (χ4n) is 2.74. The van der Waals surface area contributed by atoms with Crippen molar-refractivity contribution >= 4 is 21.6 Å². The van der Waals surface area contributed by atoms with Crippen molar-refractivity contribution in [1.82, 2.24) is 0 Å². The summed E-state index contributed by atoms with van der Waals surface area (Å²) in [4.78, 5) is 2.58. The van der Waals surface area contributed by atoms with Crippen LogP contribution in [0.5, 0.6) is 0 Å². The van der Waals surface area contributed by atoms with Crippen molar-refractivity contribution in [3.63, 3.8) is 0 Å². The highest BCUT2D eigenvalue weighted by Crippen LogP contribution is 2.29. The van der Waals surface area contributed by atoms with Crippen molar-refractivity contribution in [3.05, 3.63) is 28.2 Å². The fraction of sp³-hybridized carbons (Fsp3) is 0.647. The van der Waals surface area contributed by atoms with E-state index < -0.39 is 0 Å². The molecule has 0 spiro atoms. The fourth-order valence-corrected chi connectivity index (χ4v) is 3.09. The maximum absolute atomic E-state index is 5.78. The molecule has 0 saturated heterocycles. The summed E-state index contributed by atoms with van der Waals surface area (Å²) in [6.07, 6.45) is 3.30. The maximum atomic E-state index is 5.78. The van der Waals surface area contributed by atoms with Crippen LogP contribution in [-0.4, -0.2) is 19.1 Å². The van der Waals surface area contributed by atoms with Crippen LogP contribution in [0.1, 0.15) is 46.1 Å². The van der Waals surface area contributed by atoms with Gasteiger partial charge in [0.05, 0.1) is 0 Å². The summed E-state index contributed by atoms with van der Waals surface area (Å²) in [6, 6.07) is 7.19. The zero-order valence-electron chi connectivity index (χ0n) is 13.3. The maximum Gasteiger partial charge on any atom is 0.0413 e. The summed E-state index contributed by atoms with van der Waals surface area (Å²) < 4.78 is 1.15. The van der Waals surface area contributed by atoms with E-state index in [1.165, 1.54) is 24.1 Å². The molecule has 0 aromatic heterocycles. The molecule has 0 atom stereocenters. The van der Waals surface area contributed by atoms with Crippen molar-refractivity contribution in [2.45, 2.75) is 53.0 Å². The molecule has 0 aliphatic heterocycles. The van der Waals surface area contributed by atoms with Crippen LogP contribution in [0.25, 0.3) is 0 Å². The van der Waals surface area contributed by atoms with Gasteiger partial charge < -0.3 is 10.6 Å². The highest BCUT2D eigenvalue weighted by molar-refractivity contribution is 9.10. The monoisotopic (exact) mass is 340 g/mol. The Morgan fingerprint density at radius 2 is 1.85 bits per heavy atom. The quantitative estimate of drug-likeness (QED) is 0.749. The number of halogens is 1. The summed E-state index contributed by atoms with van der Waals surface area (Å²) in [5.41, 5.74) is 8.50. The molecule has 0 aliphatic carbocycles. The first-order chi connectivity index (χ1) is 9.53. The second-order valence-corrected chi connectivity index (χ2v) is 6.74.